The summed E-state index contributed by atoms with van der Waals surface area (Å²) in [5.41, 5.74) is 0. The normalized spacial score (nSPS) is 13.8. The molecule has 0 aliphatic carbocycles. The molecule has 2 atom stereocenters. The molecule has 0 bridgehead atoms. The van der Waals surface area contributed by atoms with Gasteiger partial charge in [-0.1, -0.05) is 147 Å². The van der Waals surface area contributed by atoms with Crippen LogP contribution in [0.2, 0.25) is 0 Å². The smallest absolute Gasteiger partial charge is 0.462 e. The van der Waals surface area contributed by atoms with Crippen LogP contribution in [0, 0.1) is 0 Å². The summed E-state index contributed by atoms with van der Waals surface area (Å²) in [6, 6.07) is 0. The number of ether oxygens (including phenoxy) is 2. The fourth-order valence-corrected chi connectivity index (χ4v) is 6.67. The van der Waals surface area contributed by atoms with E-state index in [1.807, 2.05) is 21.1 Å². The van der Waals surface area contributed by atoms with E-state index < -0.39 is 26.5 Å². The van der Waals surface area contributed by atoms with Crippen LogP contribution in [-0.4, -0.2) is 74.9 Å². The summed E-state index contributed by atoms with van der Waals surface area (Å²) in [4.78, 5) is 35.3. The van der Waals surface area contributed by atoms with E-state index >= 15 is 0 Å². The van der Waals surface area contributed by atoms with Crippen LogP contribution in [0.4, 0.5) is 0 Å². The van der Waals surface area contributed by atoms with E-state index in [4.69, 9.17) is 18.5 Å². The van der Waals surface area contributed by atoms with Gasteiger partial charge in [0, 0.05) is 12.8 Å². The Morgan fingerprint density at radius 3 is 1.46 bits per heavy atom. The fourth-order valence-electron chi connectivity index (χ4n) is 5.93. The number of carbonyl (C=O) groups is 2. The van der Waals surface area contributed by atoms with Gasteiger partial charge in [-0.2, -0.15) is 0 Å². The molecular weight excluding hydrogens is 701 g/mol. The van der Waals surface area contributed by atoms with E-state index in [2.05, 4.69) is 38.2 Å². The van der Waals surface area contributed by atoms with E-state index in [1.54, 1.807) is 0 Å². The Hall–Kier alpha value is -1.51. The Morgan fingerprint density at radius 1 is 0.556 bits per heavy atom. The van der Waals surface area contributed by atoms with Gasteiger partial charge in [-0.25, -0.2) is 4.57 Å². The average Bonchev–Trinajstić information content (AvgIpc) is 3.12. The molecule has 0 aliphatic heterocycles. The standard InChI is InChI=1S/C44H84NO8P/c1-6-8-10-12-14-16-18-20-22-24-26-28-30-32-34-36-43(46)50-40-42(41-52-54(48,49)51-39-38-45(3,4)5)53-44(47)37-35-33-31-29-27-25-23-21-19-17-15-13-11-9-7-2/h13,15,26,28,42H,6-12,14,16-25,27,29-41H2,1-5H3/p+1/b15-13+,28-26+/t42-/m1/s1. The van der Waals surface area contributed by atoms with Crippen molar-refractivity contribution in [3.8, 4) is 0 Å². The summed E-state index contributed by atoms with van der Waals surface area (Å²) in [6.07, 6.45) is 39.4. The van der Waals surface area contributed by atoms with Crippen LogP contribution in [0.25, 0.3) is 0 Å². The molecular formula is C44H85NO8P+. The SMILES string of the molecule is CCCC/C=C/CCCCCCCCCCCC(=O)O[C@H](COC(=O)CCCC/C=C/CCCCCCCCCCC)COP(=O)(O)OCC[N+](C)(C)C. The highest BCUT2D eigenvalue weighted by Crippen LogP contribution is 2.43. The number of nitrogens with zero attached hydrogens (tertiary/aromatic N) is 1. The van der Waals surface area contributed by atoms with Crippen molar-refractivity contribution in [2.45, 2.75) is 200 Å². The third-order valence-corrected chi connectivity index (χ3v) is 10.4. The van der Waals surface area contributed by atoms with E-state index in [0.717, 1.165) is 38.5 Å². The summed E-state index contributed by atoms with van der Waals surface area (Å²) in [5, 5.41) is 0. The minimum Gasteiger partial charge on any atom is -0.462 e. The quantitative estimate of drug-likeness (QED) is 0.0215. The third kappa shape index (κ3) is 40.2. The van der Waals surface area contributed by atoms with E-state index in [9.17, 15) is 19.0 Å². The number of allylic oxidation sites excluding steroid dienone is 4. The third-order valence-electron chi connectivity index (χ3n) is 9.45. The van der Waals surface area contributed by atoms with Gasteiger partial charge in [-0.05, 0) is 57.8 Å². The van der Waals surface area contributed by atoms with Crippen molar-refractivity contribution >= 4 is 19.8 Å². The average molecular weight is 787 g/mol. The zero-order chi connectivity index (χ0) is 40.0. The van der Waals surface area contributed by atoms with Gasteiger partial charge >= 0.3 is 19.8 Å². The zero-order valence-corrected chi connectivity index (χ0v) is 36.6. The van der Waals surface area contributed by atoms with Crippen LogP contribution in [0.3, 0.4) is 0 Å². The molecule has 0 saturated carbocycles. The van der Waals surface area contributed by atoms with Gasteiger partial charge in [0.25, 0.3) is 0 Å². The topological polar surface area (TPSA) is 108 Å². The van der Waals surface area contributed by atoms with Crippen molar-refractivity contribution in [1.82, 2.24) is 0 Å². The highest BCUT2D eigenvalue weighted by atomic mass is 31.2. The minimum absolute atomic E-state index is 0.0297. The van der Waals surface area contributed by atoms with Crippen LogP contribution < -0.4 is 0 Å². The number of phosphoric ester groups is 1. The summed E-state index contributed by atoms with van der Waals surface area (Å²) in [5.74, 6) is -0.823. The number of hydrogen-bond donors (Lipinski definition) is 1. The largest absolute Gasteiger partial charge is 0.472 e. The van der Waals surface area contributed by atoms with Crippen molar-refractivity contribution in [2.75, 3.05) is 47.5 Å². The molecule has 0 heterocycles. The Morgan fingerprint density at radius 2 is 0.963 bits per heavy atom. The number of phosphoric acid groups is 1. The molecule has 318 valence electrons. The molecule has 0 saturated heterocycles. The van der Waals surface area contributed by atoms with Gasteiger partial charge in [0.05, 0.1) is 27.7 Å². The lowest BCUT2D eigenvalue weighted by molar-refractivity contribution is -0.870. The van der Waals surface area contributed by atoms with E-state index in [0.29, 0.717) is 23.9 Å². The molecule has 0 aromatic rings. The number of carbonyl (C=O) groups excluding carboxylic acids is 2. The zero-order valence-electron chi connectivity index (χ0n) is 35.7. The van der Waals surface area contributed by atoms with Crippen LogP contribution in [-0.2, 0) is 32.7 Å². The number of hydrogen-bond acceptors (Lipinski definition) is 7. The van der Waals surface area contributed by atoms with Crippen molar-refractivity contribution in [2.24, 2.45) is 0 Å². The minimum atomic E-state index is -4.37. The number of quaternary nitrogens is 1. The molecule has 0 fully saturated rings. The van der Waals surface area contributed by atoms with Gasteiger partial charge in [0.1, 0.15) is 19.8 Å². The molecule has 0 aliphatic rings. The van der Waals surface area contributed by atoms with Crippen molar-refractivity contribution in [3.63, 3.8) is 0 Å². The van der Waals surface area contributed by atoms with E-state index in [-0.39, 0.29) is 32.0 Å². The Bertz CT molecular complexity index is 980. The first-order valence-electron chi connectivity index (χ1n) is 22.1. The van der Waals surface area contributed by atoms with E-state index in [1.165, 1.54) is 116 Å². The summed E-state index contributed by atoms with van der Waals surface area (Å²) < 4.78 is 34.3. The predicted octanol–water partition coefficient (Wildman–Crippen LogP) is 12.4. The highest BCUT2D eigenvalue weighted by molar-refractivity contribution is 7.47. The van der Waals surface area contributed by atoms with Gasteiger partial charge in [-0.3, -0.25) is 18.6 Å². The van der Waals surface area contributed by atoms with Crippen molar-refractivity contribution in [3.05, 3.63) is 24.3 Å². The number of unbranched alkanes of at least 4 members (excludes halogenated alkanes) is 22. The number of rotatable bonds is 40. The molecule has 0 aromatic heterocycles. The second-order valence-electron chi connectivity index (χ2n) is 16.1. The van der Waals surface area contributed by atoms with Crippen LogP contribution in [0.5, 0.6) is 0 Å². The molecule has 9 nitrogen and oxygen atoms in total. The maximum Gasteiger partial charge on any atom is 0.472 e. The summed E-state index contributed by atoms with van der Waals surface area (Å²) in [7, 11) is 1.47. The summed E-state index contributed by atoms with van der Waals surface area (Å²) >= 11 is 0. The second kappa shape index (κ2) is 37.1. The van der Waals surface area contributed by atoms with Crippen molar-refractivity contribution in [1.29, 1.82) is 0 Å². The maximum atomic E-state index is 12.7. The Labute approximate surface area is 332 Å². The lowest BCUT2D eigenvalue weighted by atomic mass is 10.1. The first kappa shape index (κ1) is 52.5. The van der Waals surface area contributed by atoms with Gasteiger partial charge < -0.3 is 18.9 Å². The Kier molecular flexibility index (Phi) is 36.1. The molecule has 1 unspecified atom stereocenters. The monoisotopic (exact) mass is 787 g/mol. The lowest BCUT2D eigenvalue weighted by Gasteiger charge is -2.24. The molecule has 0 radical (unpaired) electrons. The summed E-state index contributed by atoms with van der Waals surface area (Å²) in [6.45, 7) is 4.38. The van der Waals surface area contributed by atoms with Gasteiger partial charge in [0.2, 0.25) is 0 Å². The maximum absolute atomic E-state index is 12.7. The molecule has 10 heteroatoms. The molecule has 0 rings (SSSR count). The first-order chi connectivity index (χ1) is 26.0. The number of likely N-dealkylation sites (N-methyl/N-ethyl adjacent to an activating group) is 1. The second-order valence-corrected chi connectivity index (χ2v) is 17.5. The molecule has 54 heavy (non-hydrogen) atoms. The molecule has 1 N–H and O–H groups in total. The van der Waals surface area contributed by atoms with Crippen LogP contribution in [0.1, 0.15) is 194 Å². The van der Waals surface area contributed by atoms with Crippen molar-refractivity contribution < 1.29 is 42.1 Å². The number of esters is 2. The van der Waals surface area contributed by atoms with Gasteiger partial charge in [0.15, 0.2) is 6.10 Å². The predicted molar refractivity (Wildman–Crippen MR) is 224 cm³/mol. The van der Waals surface area contributed by atoms with Crippen LogP contribution in [0.15, 0.2) is 24.3 Å². The van der Waals surface area contributed by atoms with Gasteiger partial charge in [-0.15, -0.1) is 0 Å². The molecule has 0 amide bonds. The highest BCUT2D eigenvalue weighted by Gasteiger charge is 2.27. The fraction of sp³-hybridized carbons (Fsp3) is 0.864. The molecule has 0 spiro atoms. The molecule has 0 aromatic carbocycles. The van der Waals surface area contributed by atoms with Crippen LogP contribution >= 0.6 is 7.82 Å². The first-order valence-corrected chi connectivity index (χ1v) is 23.6. The lowest BCUT2D eigenvalue weighted by Crippen LogP contribution is -2.37. The Balaban J connectivity index is 4.37.